The van der Waals surface area contributed by atoms with Crippen molar-refractivity contribution in [1.29, 1.82) is 0 Å². The molecule has 0 fully saturated rings. The van der Waals surface area contributed by atoms with Gasteiger partial charge in [0.05, 0.1) is 22.5 Å². The summed E-state index contributed by atoms with van der Waals surface area (Å²) >= 11 is 3.50. The van der Waals surface area contributed by atoms with Crippen LogP contribution in [0, 0.1) is 13.8 Å². The van der Waals surface area contributed by atoms with Gasteiger partial charge in [0.15, 0.2) is 0 Å². The first kappa shape index (κ1) is 12.3. The van der Waals surface area contributed by atoms with Gasteiger partial charge in [0.1, 0.15) is 6.73 Å². The van der Waals surface area contributed by atoms with E-state index in [9.17, 15) is 0 Å². The molecule has 1 aromatic carbocycles. The van der Waals surface area contributed by atoms with Crippen LogP contribution < -0.4 is 0 Å². The second-order valence-corrected chi connectivity index (χ2v) is 4.74. The first-order chi connectivity index (χ1) is 8.18. The normalized spacial score (nSPS) is 10.8. The van der Waals surface area contributed by atoms with Crippen LogP contribution >= 0.6 is 15.9 Å². The monoisotopic (exact) mass is 294 g/mol. The fraction of sp³-hybridized carbons (Fsp3) is 0.308. The van der Waals surface area contributed by atoms with Crippen LogP contribution in [0.5, 0.6) is 0 Å². The van der Waals surface area contributed by atoms with Gasteiger partial charge in [-0.25, -0.2) is 4.68 Å². The lowest BCUT2D eigenvalue weighted by atomic mass is 10.2. The molecule has 0 atom stereocenters. The number of halogens is 1. The van der Waals surface area contributed by atoms with Gasteiger partial charge >= 0.3 is 0 Å². The summed E-state index contributed by atoms with van der Waals surface area (Å²) < 4.78 is 8.55. The molecule has 0 bridgehead atoms. The first-order valence-electron chi connectivity index (χ1n) is 5.49. The van der Waals surface area contributed by atoms with Crippen LogP contribution in [-0.4, -0.2) is 9.78 Å². The van der Waals surface area contributed by atoms with Crippen LogP contribution in [0.3, 0.4) is 0 Å². The number of hydrogen-bond acceptors (Lipinski definition) is 2. The standard InChI is InChI=1S/C13H15BrN2O/c1-10-13(14)11(2)16(15-10)9-17-8-12-6-4-3-5-7-12/h3-7H,8-9H2,1-2H3. The molecule has 0 saturated carbocycles. The minimum absolute atomic E-state index is 0.479. The highest BCUT2D eigenvalue weighted by Gasteiger charge is 2.07. The Morgan fingerprint density at radius 3 is 2.53 bits per heavy atom. The van der Waals surface area contributed by atoms with Crippen molar-refractivity contribution in [2.24, 2.45) is 0 Å². The fourth-order valence-electron chi connectivity index (χ4n) is 1.62. The van der Waals surface area contributed by atoms with Gasteiger partial charge in [-0.05, 0) is 35.3 Å². The zero-order valence-electron chi connectivity index (χ0n) is 9.98. The molecule has 90 valence electrons. The van der Waals surface area contributed by atoms with Crippen molar-refractivity contribution in [3.05, 3.63) is 51.8 Å². The zero-order chi connectivity index (χ0) is 12.3. The second-order valence-electron chi connectivity index (χ2n) is 3.95. The number of ether oxygens (including phenoxy) is 1. The van der Waals surface area contributed by atoms with Gasteiger partial charge in [0, 0.05) is 0 Å². The Hall–Kier alpha value is -1.13. The summed E-state index contributed by atoms with van der Waals surface area (Å²) in [5, 5.41) is 4.39. The molecule has 2 aromatic rings. The van der Waals surface area contributed by atoms with Crippen LogP contribution in [-0.2, 0) is 18.1 Å². The predicted octanol–water partition coefficient (Wildman–Crippen LogP) is 3.44. The van der Waals surface area contributed by atoms with Crippen molar-refractivity contribution in [2.45, 2.75) is 27.2 Å². The van der Waals surface area contributed by atoms with Gasteiger partial charge in [0.2, 0.25) is 0 Å². The molecule has 3 nitrogen and oxygen atoms in total. The quantitative estimate of drug-likeness (QED) is 0.864. The molecule has 1 heterocycles. The van der Waals surface area contributed by atoms with Crippen molar-refractivity contribution < 1.29 is 4.74 Å². The third kappa shape index (κ3) is 2.96. The number of aryl methyl sites for hydroxylation is 1. The van der Waals surface area contributed by atoms with Crippen molar-refractivity contribution in [2.75, 3.05) is 0 Å². The highest BCUT2D eigenvalue weighted by molar-refractivity contribution is 9.10. The van der Waals surface area contributed by atoms with E-state index < -0.39 is 0 Å². The molecule has 17 heavy (non-hydrogen) atoms. The van der Waals surface area contributed by atoms with E-state index in [-0.39, 0.29) is 0 Å². The van der Waals surface area contributed by atoms with Crippen LogP contribution in [0.1, 0.15) is 17.0 Å². The molecule has 2 rings (SSSR count). The fourth-order valence-corrected chi connectivity index (χ4v) is 1.91. The molecule has 0 aliphatic rings. The minimum Gasteiger partial charge on any atom is -0.355 e. The maximum Gasteiger partial charge on any atom is 0.140 e. The van der Waals surface area contributed by atoms with Crippen molar-refractivity contribution >= 4 is 15.9 Å². The number of rotatable bonds is 4. The Labute approximate surface area is 110 Å². The summed E-state index contributed by atoms with van der Waals surface area (Å²) in [5.74, 6) is 0. The van der Waals surface area contributed by atoms with Crippen molar-refractivity contribution in [3.8, 4) is 0 Å². The first-order valence-corrected chi connectivity index (χ1v) is 6.29. The van der Waals surface area contributed by atoms with E-state index in [1.165, 1.54) is 5.56 Å². The van der Waals surface area contributed by atoms with E-state index in [2.05, 4.69) is 33.2 Å². The number of nitrogens with zero attached hydrogens (tertiary/aromatic N) is 2. The van der Waals surface area contributed by atoms with Crippen LogP contribution in [0.25, 0.3) is 0 Å². The molecule has 0 spiro atoms. The van der Waals surface area contributed by atoms with Crippen LogP contribution in [0.4, 0.5) is 0 Å². The van der Waals surface area contributed by atoms with E-state index in [0.29, 0.717) is 13.3 Å². The number of hydrogen-bond donors (Lipinski definition) is 0. The third-order valence-corrected chi connectivity index (χ3v) is 3.77. The van der Waals surface area contributed by atoms with E-state index in [1.54, 1.807) is 0 Å². The summed E-state index contributed by atoms with van der Waals surface area (Å²) in [7, 11) is 0. The molecule has 0 amide bonds. The topological polar surface area (TPSA) is 27.1 Å². The maximum atomic E-state index is 5.63. The van der Waals surface area contributed by atoms with Crippen molar-refractivity contribution in [3.63, 3.8) is 0 Å². The lowest BCUT2D eigenvalue weighted by Crippen LogP contribution is -2.06. The molecular formula is C13H15BrN2O. The summed E-state index contributed by atoms with van der Waals surface area (Å²) in [6.45, 7) is 5.09. The molecule has 0 unspecified atom stereocenters. The molecular weight excluding hydrogens is 280 g/mol. The molecule has 0 aliphatic carbocycles. The van der Waals surface area contributed by atoms with E-state index in [0.717, 1.165) is 15.9 Å². The third-order valence-electron chi connectivity index (χ3n) is 2.62. The Kier molecular flexibility index (Phi) is 3.97. The highest BCUT2D eigenvalue weighted by atomic mass is 79.9. The summed E-state index contributed by atoms with van der Waals surface area (Å²) in [5.41, 5.74) is 3.26. The smallest absolute Gasteiger partial charge is 0.140 e. The molecule has 1 aromatic heterocycles. The van der Waals surface area contributed by atoms with Gasteiger partial charge < -0.3 is 4.74 Å². The van der Waals surface area contributed by atoms with Gasteiger partial charge in [-0.2, -0.15) is 5.10 Å². The zero-order valence-corrected chi connectivity index (χ0v) is 11.6. The Balaban J connectivity index is 1.92. The van der Waals surface area contributed by atoms with E-state index in [4.69, 9.17) is 4.74 Å². The van der Waals surface area contributed by atoms with Crippen LogP contribution in [0.15, 0.2) is 34.8 Å². The average molecular weight is 295 g/mol. The average Bonchev–Trinajstić information content (AvgIpc) is 2.59. The van der Waals surface area contributed by atoms with Crippen LogP contribution in [0.2, 0.25) is 0 Å². The number of aromatic nitrogens is 2. The Bertz CT molecular complexity index is 494. The lowest BCUT2D eigenvalue weighted by Gasteiger charge is -2.06. The predicted molar refractivity (Wildman–Crippen MR) is 70.6 cm³/mol. The molecule has 0 radical (unpaired) electrons. The Morgan fingerprint density at radius 1 is 1.24 bits per heavy atom. The summed E-state index contributed by atoms with van der Waals surface area (Å²) in [4.78, 5) is 0. The largest absolute Gasteiger partial charge is 0.355 e. The van der Waals surface area contributed by atoms with E-state index in [1.807, 2.05) is 36.7 Å². The molecule has 0 saturated heterocycles. The summed E-state index contributed by atoms with van der Waals surface area (Å²) in [6.07, 6.45) is 0. The van der Waals surface area contributed by atoms with Gasteiger partial charge in [-0.15, -0.1) is 0 Å². The lowest BCUT2D eigenvalue weighted by molar-refractivity contribution is 0.0546. The number of benzene rings is 1. The SMILES string of the molecule is Cc1nn(COCc2ccccc2)c(C)c1Br. The minimum atomic E-state index is 0.479. The van der Waals surface area contributed by atoms with Gasteiger partial charge in [-0.1, -0.05) is 30.3 Å². The second kappa shape index (κ2) is 5.47. The van der Waals surface area contributed by atoms with Gasteiger partial charge in [-0.3, -0.25) is 0 Å². The summed E-state index contributed by atoms with van der Waals surface area (Å²) in [6, 6.07) is 10.1. The van der Waals surface area contributed by atoms with Gasteiger partial charge in [0.25, 0.3) is 0 Å². The molecule has 4 heteroatoms. The molecule has 0 N–H and O–H groups in total. The van der Waals surface area contributed by atoms with Crippen molar-refractivity contribution in [1.82, 2.24) is 9.78 Å². The highest BCUT2D eigenvalue weighted by Crippen LogP contribution is 2.19. The Morgan fingerprint density at radius 2 is 1.94 bits per heavy atom. The van der Waals surface area contributed by atoms with E-state index >= 15 is 0 Å². The molecule has 0 aliphatic heterocycles. The maximum absolute atomic E-state index is 5.63.